The molecule has 3 fully saturated rings. The van der Waals surface area contributed by atoms with Crippen LogP contribution in [0.2, 0.25) is 0 Å². The van der Waals surface area contributed by atoms with Crippen molar-refractivity contribution in [3.63, 3.8) is 0 Å². The summed E-state index contributed by atoms with van der Waals surface area (Å²) >= 11 is 0. The summed E-state index contributed by atoms with van der Waals surface area (Å²) in [5.41, 5.74) is 0. The molecule has 3 saturated heterocycles. The SMILES string of the molecule is CCC(C)C1NC(=O)C(C(C)O)NC(=O)CC(=O)NC(=O)C(CC(=O)O)NC(=O)CNC(=O)C(CC(=O)O)NC(=O)CNC(=O)C2CCCCN2C(=O)C(NC(=O)C(CC(=O)O)NC(=O)C=CCCCCCCCCCC(C)C)CNC(=O)C2CCCN2C1=O. The van der Waals surface area contributed by atoms with Gasteiger partial charge in [0.15, 0.2) is 0 Å². The number of nitrogens with one attached hydrogen (secondary N) is 10. The van der Waals surface area contributed by atoms with Crippen LogP contribution in [0.25, 0.3) is 0 Å². The molecule has 14 N–H and O–H groups in total. The first-order valence-corrected chi connectivity index (χ1v) is 30.6. The first-order chi connectivity index (χ1) is 42.5. The Morgan fingerprint density at radius 2 is 1.13 bits per heavy atom. The molecule has 0 radical (unpaired) electrons. The standard InChI is InChI=1S/C58H90N12O20/c1-6-33(4)49-58(90)70-24-18-21-40(70)54(86)59-29-38(65-52(84)36(26-47(79)80)62-41(72)22-15-13-11-9-7-8-10-12-14-19-32(2)3)57(89)69-23-17-16-20-39(69)55(87)61-31-45(76)63-35(25-46(77)78)51(83)60-30-44(75)64-37(27-48(81)82)53(85)67-43(74)28-42(73)66-50(34(5)71)56(88)68-49/h15,22,32-40,49-50,71H,6-14,16-21,23-31H2,1-5H3,(H,59,86)(H,60,83)(H,61,87)(H,62,72)(H,63,76)(H,64,75)(H,65,84)(H,66,73)(H,68,88)(H,77,78)(H,79,80)(H,81,82)(H,67,74,85). The largest absolute Gasteiger partial charge is 0.481 e. The summed E-state index contributed by atoms with van der Waals surface area (Å²) in [6.07, 6.45) is 6.64. The van der Waals surface area contributed by atoms with Crippen molar-refractivity contribution in [2.45, 2.75) is 211 Å². The number of carbonyl (C=O) groups excluding carboxylic acids is 13. The topological polar surface area (TPSA) is 481 Å². The fourth-order valence-electron chi connectivity index (χ4n) is 10.2. The predicted octanol–water partition coefficient (Wildman–Crippen LogP) is -2.76. The van der Waals surface area contributed by atoms with Crippen LogP contribution in [-0.4, -0.2) is 212 Å². The molecule has 10 atom stereocenters. The second-order valence-electron chi connectivity index (χ2n) is 23.2. The molecule has 3 aliphatic heterocycles. The number of carbonyl (C=O) groups is 16. The van der Waals surface area contributed by atoms with E-state index in [0.29, 0.717) is 25.2 Å². The number of aliphatic hydroxyl groups excluding tert-OH is 1. The van der Waals surface area contributed by atoms with E-state index in [4.69, 9.17) is 0 Å². The van der Waals surface area contributed by atoms with Gasteiger partial charge in [0.05, 0.1) is 38.5 Å². The zero-order valence-corrected chi connectivity index (χ0v) is 51.7. The van der Waals surface area contributed by atoms with E-state index >= 15 is 0 Å². The van der Waals surface area contributed by atoms with Crippen molar-refractivity contribution >= 4 is 94.7 Å². The molecule has 0 saturated carbocycles. The van der Waals surface area contributed by atoms with Crippen LogP contribution in [-0.2, 0) is 76.7 Å². The van der Waals surface area contributed by atoms with Gasteiger partial charge in [0.25, 0.3) is 0 Å². The number of allylic oxidation sites excluding steroid dienone is 1. The monoisotopic (exact) mass is 1270 g/mol. The van der Waals surface area contributed by atoms with E-state index < -0.39 is 200 Å². The van der Waals surface area contributed by atoms with E-state index in [-0.39, 0.29) is 38.8 Å². The fourth-order valence-corrected chi connectivity index (χ4v) is 10.2. The molecule has 3 rings (SSSR count). The average molecular weight is 1280 g/mol. The summed E-state index contributed by atoms with van der Waals surface area (Å²) in [5, 5.41) is 61.7. The minimum absolute atomic E-state index is 0.0343. The first kappa shape index (κ1) is 75.7. The number of carboxylic acid groups (broad SMARTS) is 3. The second kappa shape index (κ2) is 38.7. The van der Waals surface area contributed by atoms with Gasteiger partial charge in [0, 0.05) is 19.6 Å². The van der Waals surface area contributed by atoms with E-state index in [2.05, 4.69) is 51.1 Å². The van der Waals surface area contributed by atoms with E-state index in [1.54, 1.807) is 25.2 Å². The molecule has 32 nitrogen and oxygen atoms in total. The number of imide groups is 1. The Labute approximate surface area is 521 Å². The summed E-state index contributed by atoms with van der Waals surface area (Å²) in [7, 11) is 0. The Kier molecular flexibility index (Phi) is 32.6. The minimum atomic E-state index is -2.04. The van der Waals surface area contributed by atoms with Crippen molar-refractivity contribution in [1.29, 1.82) is 0 Å². The summed E-state index contributed by atoms with van der Waals surface area (Å²) < 4.78 is 0. The zero-order valence-electron chi connectivity index (χ0n) is 51.7. The molecule has 0 aliphatic carbocycles. The molecule has 13 amide bonds. The van der Waals surface area contributed by atoms with Crippen LogP contribution in [0.5, 0.6) is 0 Å². The number of hydrogen-bond acceptors (Lipinski definition) is 17. The van der Waals surface area contributed by atoms with Gasteiger partial charge in [0.1, 0.15) is 54.8 Å². The highest BCUT2D eigenvalue weighted by Crippen LogP contribution is 2.23. The van der Waals surface area contributed by atoms with Crippen LogP contribution in [0.4, 0.5) is 0 Å². The highest BCUT2D eigenvalue weighted by Gasteiger charge is 2.43. The van der Waals surface area contributed by atoms with Gasteiger partial charge in [-0.05, 0) is 69.8 Å². The fraction of sp³-hybridized carbons (Fsp3) is 0.690. The smallest absolute Gasteiger partial charge is 0.305 e. The number of aliphatic hydroxyl groups is 1. The van der Waals surface area contributed by atoms with Crippen molar-refractivity contribution in [3.8, 4) is 0 Å². The van der Waals surface area contributed by atoms with Crippen LogP contribution >= 0.6 is 0 Å². The molecule has 0 aromatic carbocycles. The Hall–Kier alpha value is -8.58. The van der Waals surface area contributed by atoms with Crippen molar-refractivity contribution in [1.82, 2.24) is 63.0 Å². The quantitative estimate of drug-likeness (QED) is 0.0213. The Morgan fingerprint density at radius 3 is 1.71 bits per heavy atom. The lowest BCUT2D eigenvalue weighted by Crippen LogP contribution is -2.63. The number of hydrogen-bond donors (Lipinski definition) is 14. The van der Waals surface area contributed by atoms with Gasteiger partial charge < -0.3 is 78.1 Å². The minimum Gasteiger partial charge on any atom is -0.481 e. The van der Waals surface area contributed by atoms with Crippen LogP contribution < -0.4 is 53.2 Å². The normalized spacial score (nSPS) is 23.9. The molecule has 10 unspecified atom stereocenters. The summed E-state index contributed by atoms with van der Waals surface area (Å²) in [6.45, 7) is 5.78. The van der Waals surface area contributed by atoms with Gasteiger partial charge in [0.2, 0.25) is 76.8 Å². The van der Waals surface area contributed by atoms with Crippen LogP contribution in [0.1, 0.15) is 157 Å². The van der Waals surface area contributed by atoms with Gasteiger partial charge in [-0.1, -0.05) is 85.1 Å². The van der Waals surface area contributed by atoms with Crippen LogP contribution in [0.3, 0.4) is 0 Å². The number of fused-ring (bicyclic) bond motifs is 2. The Bertz CT molecular complexity index is 2630. The van der Waals surface area contributed by atoms with Gasteiger partial charge in [-0.15, -0.1) is 0 Å². The lowest BCUT2D eigenvalue weighted by molar-refractivity contribution is -0.146. The van der Waals surface area contributed by atoms with E-state index in [1.807, 2.05) is 10.6 Å². The molecule has 32 heteroatoms. The molecule has 502 valence electrons. The molecule has 90 heavy (non-hydrogen) atoms. The zero-order chi connectivity index (χ0) is 67.2. The molecule has 0 spiro atoms. The molecular weight excluding hydrogens is 1180 g/mol. The number of rotatable bonds is 23. The number of aliphatic carboxylic acids is 3. The van der Waals surface area contributed by atoms with Crippen LogP contribution in [0.15, 0.2) is 12.2 Å². The average Bonchev–Trinajstić information content (AvgIpc) is 3.18. The maximum atomic E-state index is 14.8. The third-order valence-electron chi connectivity index (χ3n) is 15.3. The number of amides is 13. The number of piperidine rings is 1. The summed E-state index contributed by atoms with van der Waals surface area (Å²) in [4.78, 5) is 215. The second-order valence-corrected chi connectivity index (χ2v) is 23.2. The lowest BCUT2D eigenvalue weighted by atomic mass is 9.96. The molecule has 0 bridgehead atoms. The molecule has 0 aromatic heterocycles. The van der Waals surface area contributed by atoms with Gasteiger partial charge in [-0.25, -0.2) is 0 Å². The first-order valence-electron chi connectivity index (χ1n) is 30.6. The van der Waals surface area contributed by atoms with Crippen molar-refractivity contribution < 1.29 is 97.1 Å². The van der Waals surface area contributed by atoms with E-state index in [0.717, 1.165) is 61.3 Å². The Balaban J connectivity index is 2.03. The summed E-state index contributed by atoms with van der Waals surface area (Å²) in [6, 6.07) is -13.6. The maximum absolute atomic E-state index is 14.8. The highest BCUT2D eigenvalue weighted by molar-refractivity contribution is 6.07. The van der Waals surface area contributed by atoms with E-state index in [1.165, 1.54) is 12.8 Å². The van der Waals surface area contributed by atoms with Crippen LogP contribution in [0, 0.1) is 11.8 Å². The highest BCUT2D eigenvalue weighted by atomic mass is 16.4. The molecular formula is C58H90N12O20. The number of unbranched alkanes of at least 4 members (excludes halogenated alkanes) is 7. The third-order valence-corrected chi connectivity index (χ3v) is 15.3. The third kappa shape index (κ3) is 26.6. The maximum Gasteiger partial charge on any atom is 0.305 e. The molecule has 0 aromatic rings. The Morgan fingerprint density at radius 1 is 0.589 bits per heavy atom. The molecule has 3 heterocycles. The van der Waals surface area contributed by atoms with Crippen molar-refractivity contribution in [3.05, 3.63) is 12.2 Å². The van der Waals surface area contributed by atoms with Crippen molar-refractivity contribution in [2.75, 3.05) is 32.7 Å². The lowest BCUT2D eigenvalue weighted by Gasteiger charge is -2.37. The summed E-state index contributed by atoms with van der Waals surface area (Å²) in [5.74, 6) is -19.5. The number of nitrogens with zero attached hydrogens (tertiary/aromatic N) is 2. The molecule has 3 aliphatic rings. The van der Waals surface area contributed by atoms with E-state index in [9.17, 15) is 97.1 Å². The van der Waals surface area contributed by atoms with Gasteiger partial charge in [-0.2, -0.15) is 0 Å². The van der Waals surface area contributed by atoms with Gasteiger partial charge >= 0.3 is 17.9 Å². The predicted molar refractivity (Wildman–Crippen MR) is 316 cm³/mol. The number of carboxylic acids is 3. The van der Waals surface area contributed by atoms with Crippen molar-refractivity contribution in [2.24, 2.45) is 11.8 Å². The van der Waals surface area contributed by atoms with Gasteiger partial charge in [-0.3, -0.25) is 82.0 Å².